The third-order valence-corrected chi connectivity index (χ3v) is 2.71. The summed E-state index contributed by atoms with van der Waals surface area (Å²) in [5.74, 6) is -0.359. The summed E-state index contributed by atoms with van der Waals surface area (Å²) in [7, 11) is 0. The summed E-state index contributed by atoms with van der Waals surface area (Å²) in [5.41, 5.74) is 5.62. The lowest BCUT2D eigenvalue weighted by atomic mass is 10.2. The zero-order valence-electron chi connectivity index (χ0n) is 12.9. The van der Waals surface area contributed by atoms with E-state index in [4.69, 9.17) is 22.1 Å². The maximum absolute atomic E-state index is 11.9. The van der Waals surface area contributed by atoms with Gasteiger partial charge in [-0.1, -0.05) is 11.6 Å². The summed E-state index contributed by atoms with van der Waals surface area (Å²) in [6, 6.07) is 1.46. The van der Waals surface area contributed by atoms with Crippen LogP contribution in [0.3, 0.4) is 0 Å². The molecule has 7 nitrogen and oxygen atoms in total. The van der Waals surface area contributed by atoms with Crippen molar-refractivity contribution in [1.29, 1.82) is 0 Å². The maximum atomic E-state index is 11.9. The fourth-order valence-electron chi connectivity index (χ4n) is 1.51. The van der Waals surface area contributed by atoms with Crippen LogP contribution in [-0.4, -0.2) is 35.7 Å². The third-order valence-electron chi connectivity index (χ3n) is 2.41. The molecule has 0 spiro atoms. The van der Waals surface area contributed by atoms with Crippen LogP contribution in [0.15, 0.2) is 12.3 Å². The molecule has 1 aromatic heterocycles. The summed E-state index contributed by atoms with van der Waals surface area (Å²) in [4.78, 5) is 27.1. The van der Waals surface area contributed by atoms with E-state index in [9.17, 15) is 9.59 Å². The van der Waals surface area contributed by atoms with Gasteiger partial charge >= 0.3 is 6.09 Å². The van der Waals surface area contributed by atoms with Gasteiger partial charge in [-0.3, -0.25) is 4.79 Å². The average Bonchev–Trinajstić information content (AvgIpc) is 2.38. The molecule has 0 atom stereocenters. The van der Waals surface area contributed by atoms with E-state index in [-0.39, 0.29) is 16.6 Å². The van der Waals surface area contributed by atoms with Crippen molar-refractivity contribution in [3.05, 3.63) is 23.0 Å². The van der Waals surface area contributed by atoms with E-state index >= 15 is 0 Å². The van der Waals surface area contributed by atoms with Gasteiger partial charge in [-0.2, -0.15) is 0 Å². The summed E-state index contributed by atoms with van der Waals surface area (Å²) >= 11 is 5.83. The molecule has 122 valence electrons. The third kappa shape index (κ3) is 6.62. The van der Waals surface area contributed by atoms with Gasteiger partial charge in [0.25, 0.3) is 5.91 Å². The zero-order chi connectivity index (χ0) is 16.8. The lowest BCUT2D eigenvalue weighted by Crippen LogP contribution is -2.34. The minimum atomic E-state index is -0.532. The highest BCUT2D eigenvalue weighted by Gasteiger charge is 2.15. The van der Waals surface area contributed by atoms with Gasteiger partial charge in [0.1, 0.15) is 10.8 Å². The first-order chi connectivity index (χ1) is 10.2. The van der Waals surface area contributed by atoms with Crippen LogP contribution in [0.1, 0.15) is 37.6 Å². The molecule has 0 bridgehead atoms. The molecule has 0 unspecified atom stereocenters. The SMILES string of the molecule is CC(C)(C)OC(=O)NCCCNC(=O)c1cc(N)cnc1Cl. The Kier molecular flexibility index (Phi) is 6.42. The van der Waals surface area contributed by atoms with Crippen LogP contribution in [0.2, 0.25) is 5.15 Å². The predicted molar refractivity (Wildman–Crippen MR) is 84.8 cm³/mol. The van der Waals surface area contributed by atoms with Gasteiger partial charge < -0.3 is 21.1 Å². The standard InChI is InChI=1S/C14H21ClN4O3/c1-14(2,3)22-13(21)18-6-4-5-17-12(20)10-7-9(16)8-19-11(10)15/h7-8H,4-6,16H2,1-3H3,(H,17,20)(H,18,21). The number of carbonyl (C=O) groups excluding carboxylic acids is 2. The maximum Gasteiger partial charge on any atom is 0.407 e. The van der Waals surface area contributed by atoms with Crippen molar-refractivity contribution in [3.8, 4) is 0 Å². The number of nitrogens with zero attached hydrogens (tertiary/aromatic N) is 1. The lowest BCUT2D eigenvalue weighted by molar-refractivity contribution is 0.0527. The van der Waals surface area contributed by atoms with Crippen molar-refractivity contribution >= 4 is 29.3 Å². The molecule has 0 saturated heterocycles. The molecule has 0 aliphatic carbocycles. The zero-order valence-corrected chi connectivity index (χ0v) is 13.7. The van der Waals surface area contributed by atoms with Crippen LogP contribution in [0, 0.1) is 0 Å². The number of hydrogen-bond donors (Lipinski definition) is 3. The second-order valence-corrected chi connectivity index (χ2v) is 6.00. The number of pyridine rings is 1. The van der Waals surface area contributed by atoms with Crippen molar-refractivity contribution in [2.45, 2.75) is 32.8 Å². The van der Waals surface area contributed by atoms with Crippen LogP contribution in [0.5, 0.6) is 0 Å². The number of nitrogens with two attached hydrogens (primary N) is 1. The van der Waals surface area contributed by atoms with Gasteiger partial charge in [0.2, 0.25) is 0 Å². The highest BCUT2D eigenvalue weighted by Crippen LogP contribution is 2.15. The Morgan fingerprint density at radius 2 is 1.95 bits per heavy atom. The summed E-state index contributed by atoms with van der Waals surface area (Å²) in [5, 5.41) is 5.38. The molecule has 4 N–H and O–H groups in total. The summed E-state index contributed by atoms with van der Waals surface area (Å²) < 4.78 is 5.09. The van der Waals surface area contributed by atoms with E-state index in [1.54, 1.807) is 20.8 Å². The number of aromatic nitrogens is 1. The molecule has 0 saturated carbocycles. The first-order valence-corrected chi connectivity index (χ1v) is 7.23. The summed E-state index contributed by atoms with van der Waals surface area (Å²) in [6.07, 6.45) is 1.45. The van der Waals surface area contributed by atoms with Gasteiger partial charge in [0, 0.05) is 13.1 Å². The van der Waals surface area contributed by atoms with Crippen molar-refractivity contribution in [2.75, 3.05) is 18.8 Å². The molecule has 8 heteroatoms. The minimum absolute atomic E-state index is 0.0959. The number of carbonyl (C=O) groups is 2. The van der Waals surface area contributed by atoms with E-state index < -0.39 is 11.7 Å². The van der Waals surface area contributed by atoms with E-state index in [2.05, 4.69) is 15.6 Å². The largest absolute Gasteiger partial charge is 0.444 e. The van der Waals surface area contributed by atoms with Crippen LogP contribution in [0.25, 0.3) is 0 Å². The number of nitrogen functional groups attached to an aromatic ring is 1. The van der Waals surface area contributed by atoms with E-state index in [0.717, 1.165) is 0 Å². The number of anilines is 1. The minimum Gasteiger partial charge on any atom is -0.444 e. The molecular weight excluding hydrogens is 308 g/mol. The summed E-state index contributed by atoms with van der Waals surface area (Å²) in [6.45, 7) is 6.13. The molecule has 22 heavy (non-hydrogen) atoms. The van der Waals surface area contributed by atoms with E-state index in [1.807, 2.05) is 0 Å². The first-order valence-electron chi connectivity index (χ1n) is 6.85. The quantitative estimate of drug-likeness (QED) is 0.566. The predicted octanol–water partition coefficient (Wildman–Crippen LogP) is 1.96. The molecule has 0 aromatic carbocycles. The molecule has 0 aliphatic rings. The normalized spacial score (nSPS) is 10.9. The van der Waals surface area contributed by atoms with Crippen LogP contribution in [0.4, 0.5) is 10.5 Å². The van der Waals surface area contributed by atoms with Crippen LogP contribution < -0.4 is 16.4 Å². The van der Waals surface area contributed by atoms with Crippen molar-refractivity contribution in [1.82, 2.24) is 15.6 Å². The highest BCUT2D eigenvalue weighted by atomic mass is 35.5. The Bertz CT molecular complexity index is 543. The number of rotatable bonds is 5. The molecule has 0 fully saturated rings. The van der Waals surface area contributed by atoms with Crippen molar-refractivity contribution in [3.63, 3.8) is 0 Å². The topological polar surface area (TPSA) is 106 Å². The number of hydrogen-bond acceptors (Lipinski definition) is 5. The number of nitrogens with one attached hydrogen (secondary N) is 2. The van der Waals surface area contributed by atoms with Crippen LogP contribution >= 0.6 is 11.6 Å². The van der Waals surface area contributed by atoms with Gasteiger partial charge in [-0.25, -0.2) is 9.78 Å². The fourth-order valence-corrected chi connectivity index (χ4v) is 1.70. The van der Waals surface area contributed by atoms with E-state index in [0.29, 0.717) is 25.2 Å². The second-order valence-electron chi connectivity index (χ2n) is 5.65. The molecule has 1 rings (SSSR count). The number of alkyl carbamates (subject to hydrolysis) is 1. The smallest absolute Gasteiger partial charge is 0.407 e. The van der Waals surface area contributed by atoms with Gasteiger partial charge in [0.15, 0.2) is 0 Å². The highest BCUT2D eigenvalue weighted by molar-refractivity contribution is 6.32. The van der Waals surface area contributed by atoms with Crippen LogP contribution in [-0.2, 0) is 4.74 Å². The molecule has 0 radical (unpaired) electrons. The molecule has 0 aliphatic heterocycles. The fraction of sp³-hybridized carbons (Fsp3) is 0.500. The molecule has 2 amide bonds. The Morgan fingerprint density at radius 3 is 2.59 bits per heavy atom. The Labute approximate surface area is 134 Å². The second kappa shape index (κ2) is 7.84. The molecular formula is C14H21ClN4O3. The first kappa shape index (κ1) is 18.0. The van der Waals surface area contributed by atoms with Gasteiger partial charge in [-0.15, -0.1) is 0 Å². The van der Waals surface area contributed by atoms with E-state index in [1.165, 1.54) is 12.3 Å². The Hall–Kier alpha value is -2.02. The number of amides is 2. The lowest BCUT2D eigenvalue weighted by Gasteiger charge is -2.19. The Morgan fingerprint density at radius 1 is 1.32 bits per heavy atom. The van der Waals surface area contributed by atoms with Gasteiger partial charge in [0.05, 0.1) is 17.4 Å². The molecule has 1 aromatic rings. The average molecular weight is 329 g/mol. The van der Waals surface area contributed by atoms with Crippen molar-refractivity contribution in [2.24, 2.45) is 0 Å². The molecule has 1 heterocycles. The van der Waals surface area contributed by atoms with Gasteiger partial charge in [-0.05, 0) is 33.3 Å². The number of ether oxygens (including phenoxy) is 1. The number of halogens is 1. The monoisotopic (exact) mass is 328 g/mol. The van der Waals surface area contributed by atoms with Crippen molar-refractivity contribution < 1.29 is 14.3 Å². The Balaban J connectivity index is 2.29.